The summed E-state index contributed by atoms with van der Waals surface area (Å²) in [4.78, 5) is 4.79. The zero-order valence-electron chi connectivity index (χ0n) is 18.8. The molecule has 0 bridgehead atoms. The van der Waals surface area contributed by atoms with Crippen LogP contribution >= 0.6 is 24.0 Å². The maximum atomic E-state index is 6.15. The van der Waals surface area contributed by atoms with Crippen molar-refractivity contribution in [2.45, 2.75) is 40.3 Å². The van der Waals surface area contributed by atoms with Crippen LogP contribution in [0, 0.1) is 18.8 Å². The number of guanidine groups is 1. The van der Waals surface area contributed by atoms with Crippen LogP contribution in [0.25, 0.3) is 0 Å². The molecule has 2 heterocycles. The summed E-state index contributed by atoms with van der Waals surface area (Å²) >= 11 is 0. The van der Waals surface area contributed by atoms with E-state index in [-0.39, 0.29) is 24.0 Å². The number of nitrogens with zero attached hydrogens (tertiary/aromatic N) is 3. The summed E-state index contributed by atoms with van der Waals surface area (Å²) in [5.74, 6) is 2.66. The van der Waals surface area contributed by atoms with Gasteiger partial charge in [-0.25, -0.2) is 4.99 Å². The minimum atomic E-state index is 0. The normalized spacial score (nSPS) is 17.1. The summed E-state index contributed by atoms with van der Waals surface area (Å²) in [6.07, 6.45) is 4.88. The Balaban J connectivity index is 0.00000341. The molecule has 0 amide bonds. The third-order valence-corrected chi connectivity index (χ3v) is 5.15. The molecule has 0 aliphatic carbocycles. The Kier molecular flexibility index (Phi) is 11.1. The fourth-order valence-electron chi connectivity index (χ4n) is 3.42. The van der Waals surface area contributed by atoms with Gasteiger partial charge in [0.25, 0.3) is 0 Å². The molecule has 2 aromatic rings. The van der Waals surface area contributed by atoms with E-state index in [1.54, 1.807) is 0 Å². The van der Waals surface area contributed by atoms with Gasteiger partial charge in [-0.2, -0.15) is 5.10 Å². The SMILES string of the molecule is CCNC(=NCc1ccc(C)cc1OCC1CCOC1)NCC(C)Cn1cccn1.I. The van der Waals surface area contributed by atoms with E-state index >= 15 is 0 Å². The number of aliphatic imine (C=N–C) groups is 1. The van der Waals surface area contributed by atoms with E-state index in [4.69, 9.17) is 14.5 Å². The zero-order valence-corrected chi connectivity index (χ0v) is 21.2. The molecule has 7 nitrogen and oxygen atoms in total. The zero-order chi connectivity index (χ0) is 21.2. The third-order valence-electron chi connectivity index (χ3n) is 5.15. The molecule has 2 unspecified atom stereocenters. The first kappa shape index (κ1) is 25.5. The van der Waals surface area contributed by atoms with Gasteiger partial charge in [0.1, 0.15) is 5.75 Å². The van der Waals surface area contributed by atoms with E-state index in [2.05, 4.69) is 54.7 Å². The van der Waals surface area contributed by atoms with E-state index in [0.29, 0.717) is 25.0 Å². The fourth-order valence-corrected chi connectivity index (χ4v) is 3.42. The molecule has 0 radical (unpaired) electrons. The second kappa shape index (κ2) is 13.6. The molecule has 3 rings (SSSR count). The van der Waals surface area contributed by atoms with Crippen LogP contribution in [0.3, 0.4) is 0 Å². The highest BCUT2D eigenvalue weighted by Gasteiger charge is 2.17. The van der Waals surface area contributed by atoms with Crippen molar-refractivity contribution in [1.29, 1.82) is 0 Å². The number of hydrogen-bond donors (Lipinski definition) is 2. The van der Waals surface area contributed by atoms with Gasteiger partial charge in [-0.05, 0) is 43.9 Å². The van der Waals surface area contributed by atoms with Crippen LogP contribution in [-0.2, 0) is 17.8 Å². The smallest absolute Gasteiger partial charge is 0.191 e. The lowest BCUT2D eigenvalue weighted by atomic mass is 10.1. The Morgan fingerprint density at radius 3 is 2.97 bits per heavy atom. The Morgan fingerprint density at radius 1 is 1.39 bits per heavy atom. The summed E-state index contributed by atoms with van der Waals surface area (Å²) in [6.45, 7) is 11.8. The van der Waals surface area contributed by atoms with Crippen LogP contribution in [0.15, 0.2) is 41.7 Å². The first-order valence-electron chi connectivity index (χ1n) is 10.9. The standard InChI is InChI=1S/C23H35N5O2.HI/c1-4-24-23(25-13-19(3)15-28-10-5-9-27-28)26-14-21-7-6-18(2)12-22(21)30-17-20-8-11-29-16-20;/h5-7,9-10,12,19-20H,4,8,11,13-17H2,1-3H3,(H2,24,25,26);1H. The van der Waals surface area contributed by atoms with Crippen LogP contribution in [0.2, 0.25) is 0 Å². The maximum absolute atomic E-state index is 6.15. The topological polar surface area (TPSA) is 72.7 Å². The van der Waals surface area contributed by atoms with Crippen molar-refractivity contribution < 1.29 is 9.47 Å². The molecular formula is C23H36IN5O2. The van der Waals surface area contributed by atoms with Gasteiger partial charge >= 0.3 is 0 Å². The van der Waals surface area contributed by atoms with Gasteiger partial charge in [-0.1, -0.05) is 19.1 Å². The third kappa shape index (κ3) is 8.68. The lowest BCUT2D eigenvalue weighted by Gasteiger charge is -2.17. The van der Waals surface area contributed by atoms with Crippen LogP contribution in [0.4, 0.5) is 0 Å². The van der Waals surface area contributed by atoms with Crippen molar-refractivity contribution in [3.8, 4) is 5.75 Å². The number of aryl methyl sites for hydroxylation is 1. The highest BCUT2D eigenvalue weighted by molar-refractivity contribution is 14.0. The summed E-state index contributed by atoms with van der Waals surface area (Å²) in [5.41, 5.74) is 2.29. The van der Waals surface area contributed by atoms with E-state index in [1.165, 1.54) is 5.56 Å². The van der Waals surface area contributed by atoms with Crippen molar-refractivity contribution in [1.82, 2.24) is 20.4 Å². The molecule has 2 N–H and O–H groups in total. The average Bonchev–Trinajstić information content (AvgIpc) is 3.43. The van der Waals surface area contributed by atoms with Crippen molar-refractivity contribution in [2.75, 3.05) is 32.9 Å². The quantitative estimate of drug-likeness (QED) is 0.273. The van der Waals surface area contributed by atoms with E-state index in [9.17, 15) is 0 Å². The Bertz CT molecular complexity index is 791. The minimum Gasteiger partial charge on any atom is -0.493 e. The second-order valence-corrected chi connectivity index (χ2v) is 8.06. The fraction of sp³-hybridized carbons (Fsp3) is 0.565. The molecule has 1 aromatic heterocycles. The summed E-state index contributed by atoms with van der Waals surface area (Å²) < 4.78 is 13.6. The molecule has 1 aliphatic heterocycles. The van der Waals surface area contributed by atoms with Gasteiger partial charge in [-0.3, -0.25) is 4.68 Å². The van der Waals surface area contributed by atoms with Crippen molar-refractivity contribution in [3.05, 3.63) is 47.8 Å². The number of benzene rings is 1. The van der Waals surface area contributed by atoms with E-state index in [1.807, 2.05) is 23.1 Å². The molecule has 1 aliphatic rings. The number of ether oxygens (including phenoxy) is 2. The Morgan fingerprint density at radius 2 is 2.26 bits per heavy atom. The first-order chi connectivity index (χ1) is 14.6. The van der Waals surface area contributed by atoms with Crippen LogP contribution < -0.4 is 15.4 Å². The molecule has 2 atom stereocenters. The average molecular weight is 541 g/mol. The number of nitrogens with one attached hydrogen (secondary N) is 2. The minimum absolute atomic E-state index is 0. The molecule has 8 heteroatoms. The second-order valence-electron chi connectivity index (χ2n) is 8.06. The number of aromatic nitrogens is 2. The van der Waals surface area contributed by atoms with Crippen molar-refractivity contribution in [2.24, 2.45) is 16.8 Å². The monoisotopic (exact) mass is 541 g/mol. The van der Waals surface area contributed by atoms with E-state index in [0.717, 1.165) is 56.5 Å². The molecular weight excluding hydrogens is 505 g/mol. The number of rotatable bonds is 10. The van der Waals surface area contributed by atoms with Gasteiger partial charge < -0.3 is 20.1 Å². The van der Waals surface area contributed by atoms with E-state index < -0.39 is 0 Å². The maximum Gasteiger partial charge on any atom is 0.191 e. The largest absolute Gasteiger partial charge is 0.493 e. The summed E-state index contributed by atoms with van der Waals surface area (Å²) in [6, 6.07) is 8.28. The lowest BCUT2D eigenvalue weighted by Crippen LogP contribution is -2.40. The predicted molar refractivity (Wildman–Crippen MR) is 135 cm³/mol. The molecule has 0 saturated carbocycles. The van der Waals surface area contributed by atoms with Crippen molar-refractivity contribution >= 4 is 29.9 Å². The van der Waals surface area contributed by atoms with Crippen molar-refractivity contribution in [3.63, 3.8) is 0 Å². The molecule has 1 aromatic carbocycles. The van der Waals surface area contributed by atoms with Crippen LogP contribution in [0.5, 0.6) is 5.75 Å². The summed E-state index contributed by atoms with van der Waals surface area (Å²) in [7, 11) is 0. The summed E-state index contributed by atoms with van der Waals surface area (Å²) in [5, 5.41) is 11.1. The molecule has 1 fully saturated rings. The lowest BCUT2D eigenvalue weighted by molar-refractivity contribution is 0.166. The Hall–Kier alpha value is -1.81. The van der Waals surface area contributed by atoms with Gasteiger partial charge in [0.15, 0.2) is 5.96 Å². The highest BCUT2D eigenvalue weighted by atomic mass is 127. The van der Waals surface area contributed by atoms with Gasteiger partial charge in [0, 0.05) is 50.1 Å². The predicted octanol–water partition coefficient (Wildman–Crippen LogP) is 3.62. The first-order valence-corrected chi connectivity index (χ1v) is 10.9. The van der Waals surface area contributed by atoms with Crippen LogP contribution in [0.1, 0.15) is 31.4 Å². The van der Waals surface area contributed by atoms with Gasteiger partial charge in [0.05, 0.1) is 19.8 Å². The number of hydrogen-bond acceptors (Lipinski definition) is 4. The molecule has 0 spiro atoms. The Labute approximate surface area is 203 Å². The number of halogens is 1. The molecule has 31 heavy (non-hydrogen) atoms. The van der Waals surface area contributed by atoms with Crippen LogP contribution in [-0.4, -0.2) is 48.7 Å². The van der Waals surface area contributed by atoms with Gasteiger partial charge in [-0.15, -0.1) is 24.0 Å². The highest BCUT2D eigenvalue weighted by Crippen LogP contribution is 2.23. The molecule has 1 saturated heterocycles. The molecule has 172 valence electrons. The van der Waals surface area contributed by atoms with Gasteiger partial charge in [0.2, 0.25) is 0 Å².